The van der Waals surface area contributed by atoms with Crippen LogP contribution in [0.5, 0.6) is 5.75 Å². The Balaban J connectivity index is 2.50. The summed E-state index contributed by atoms with van der Waals surface area (Å²) >= 11 is 0. The number of ether oxygens (including phenoxy) is 1. The Hall–Kier alpha value is -1.71. The molecule has 0 saturated carbocycles. The minimum absolute atomic E-state index is 0.102. The summed E-state index contributed by atoms with van der Waals surface area (Å²) in [5.41, 5.74) is 1.20. The first kappa shape index (κ1) is 9.83. The van der Waals surface area contributed by atoms with Crippen molar-refractivity contribution in [2.45, 2.75) is 0 Å². The van der Waals surface area contributed by atoms with E-state index in [9.17, 15) is 8.78 Å². The van der Waals surface area contributed by atoms with E-state index in [1.165, 1.54) is 6.07 Å². The molecule has 0 aliphatic carbocycles. The molecule has 0 amide bonds. The lowest BCUT2D eigenvalue weighted by Gasteiger charge is -2.16. The summed E-state index contributed by atoms with van der Waals surface area (Å²) in [5.74, 6) is -1.18. The van der Waals surface area contributed by atoms with Crippen LogP contribution in [0, 0.1) is 11.6 Å². The SMILES string of the molecule is C/N=C/C1=Cc2cc(F)cc(F)c2OC1. The fourth-order valence-corrected chi connectivity index (χ4v) is 1.48. The predicted octanol–water partition coefficient (Wildman–Crippen LogP) is 2.44. The van der Waals surface area contributed by atoms with Crippen LogP contribution >= 0.6 is 0 Å². The van der Waals surface area contributed by atoms with E-state index in [2.05, 4.69) is 4.99 Å². The Labute approximate surface area is 85.9 Å². The van der Waals surface area contributed by atoms with Gasteiger partial charge in [0.15, 0.2) is 11.6 Å². The number of halogens is 2. The van der Waals surface area contributed by atoms with Crippen LogP contribution in [-0.2, 0) is 0 Å². The van der Waals surface area contributed by atoms with Crippen molar-refractivity contribution in [3.63, 3.8) is 0 Å². The standard InChI is InChI=1S/C11H9F2NO/c1-14-5-7-2-8-3-9(12)4-10(13)11(8)15-6-7/h2-5H,6H2,1H3/b14-5+. The van der Waals surface area contributed by atoms with Gasteiger partial charge >= 0.3 is 0 Å². The molecule has 1 aromatic rings. The Morgan fingerprint density at radius 1 is 1.40 bits per heavy atom. The van der Waals surface area contributed by atoms with Crippen molar-refractivity contribution in [1.82, 2.24) is 0 Å². The molecule has 2 rings (SSSR count). The van der Waals surface area contributed by atoms with Gasteiger partial charge in [0.1, 0.15) is 12.4 Å². The molecule has 0 atom stereocenters. The van der Waals surface area contributed by atoms with Gasteiger partial charge in [0, 0.05) is 30.5 Å². The molecule has 2 nitrogen and oxygen atoms in total. The van der Waals surface area contributed by atoms with Crippen LogP contribution in [0.3, 0.4) is 0 Å². The first-order valence-electron chi connectivity index (χ1n) is 4.45. The monoisotopic (exact) mass is 209 g/mol. The number of fused-ring (bicyclic) bond motifs is 1. The van der Waals surface area contributed by atoms with Gasteiger partial charge in [0.25, 0.3) is 0 Å². The minimum atomic E-state index is -0.672. The lowest BCUT2D eigenvalue weighted by atomic mass is 10.1. The van der Waals surface area contributed by atoms with E-state index in [1.807, 2.05) is 0 Å². The van der Waals surface area contributed by atoms with Gasteiger partial charge in [-0.1, -0.05) is 0 Å². The van der Waals surface area contributed by atoms with E-state index >= 15 is 0 Å². The molecule has 78 valence electrons. The molecule has 0 fully saturated rings. The maximum absolute atomic E-state index is 13.2. The van der Waals surface area contributed by atoms with Crippen molar-refractivity contribution in [2.75, 3.05) is 13.7 Å². The maximum atomic E-state index is 13.2. The number of nitrogens with zero attached hydrogens (tertiary/aromatic N) is 1. The van der Waals surface area contributed by atoms with Crippen LogP contribution in [-0.4, -0.2) is 19.9 Å². The molecule has 0 bridgehead atoms. The van der Waals surface area contributed by atoms with Crippen LogP contribution in [0.15, 0.2) is 22.7 Å². The van der Waals surface area contributed by atoms with Gasteiger partial charge in [0.05, 0.1) is 0 Å². The second kappa shape index (κ2) is 3.81. The highest BCUT2D eigenvalue weighted by atomic mass is 19.1. The van der Waals surface area contributed by atoms with Crippen LogP contribution in [0.25, 0.3) is 6.08 Å². The fraction of sp³-hybridized carbons (Fsp3) is 0.182. The van der Waals surface area contributed by atoms with Crippen LogP contribution in [0.2, 0.25) is 0 Å². The van der Waals surface area contributed by atoms with E-state index < -0.39 is 11.6 Å². The minimum Gasteiger partial charge on any atom is -0.485 e. The van der Waals surface area contributed by atoms with Gasteiger partial charge in [-0.15, -0.1) is 0 Å². The van der Waals surface area contributed by atoms with Crippen LogP contribution in [0.4, 0.5) is 8.78 Å². The largest absolute Gasteiger partial charge is 0.485 e. The molecule has 1 aromatic carbocycles. The van der Waals surface area contributed by atoms with Crippen molar-refractivity contribution in [3.8, 4) is 5.75 Å². The van der Waals surface area contributed by atoms with E-state index in [4.69, 9.17) is 4.74 Å². The third kappa shape index (κ3) is 1.88. The number of hydrogen-bond donors (Lipinski definition) is 0. The molecule has 0 N–H and O–H groups in total. The third-order valence-electron chi connectivity index (χ3n) is 2.06. The van der Waals surface area contributed by atoms with Crippen molar-refractivity contribution < 1.29 is 13.5 Å². The number of benzene rings is 1. The van der Waals surface area contributed by atoms with Gasteiger partial charge in [-0.3, -0.25) is 4.99 Å². The summed E-state index contributed by atoms with van der Waals surface area (Å²) in [5, 5.41) is 0. The Kier molecular flexibility index (Phi) is 2.49. The predicted molar refractivity (Wildman–Crippen MR) is 54.2 cm³/mol. The summed E-state index contributed by atoms with van der Waals surface area (Å²) in [6, 6.07) is 2.05. The van der Waals surface area contributed by atoms with Crippen molar-refractivity contribution in [2.24, 2.45) is 4.99 Å². The summed E-state index contributed by atoms with van der Waals surface area (Å²) in [7, 11) is 1.63. The Morgan fingerprint density at radius 3 is 2.93 bits per heavy atom. The molecule has 0 spiro atoms. The van der Waals surface area contributed by atoms with Gasteiger partial charge in [0.2, 0.25) is 0 Å². The number of rotatable bonds is 1. The van der Waals surface area contributed by atoms with E-state index in [0.29, 0.717) is 5.56 Å². The molecule has 15 heavy (non-hydrogen) atoms. The maximum Gasteiger partial charge on any atom is 0.168 e. The molecule has 0 unspecified atom stereocenters. The van der Waals surface area contributed by atoms with E-state index in [-0.39, 0.29) is 12.4 Å². The first-order valence-corrected chi connectivity index (χ1v) is 4.45. The Morgan fingerprint density at radius 2 is 2.20 bits per heavy atom. The molecule has 0 aromatic heterocycles. The normalized spacial score (nSPS) is 14.7. The molecule has 1 aliphatic rings. The number of hydrogen-bond acceptors (Lipinski definition) is 2. The highest BCUT2D eigenvalue weighted by molar-refractivity contribution is 5.87. The second-order valence-electron chi connectivity index (χ2n) is 3.20. The fourth-order valence-electron chi connectivity index (χ4n) is 1.48. The zero-order valence-corrected chi connectivity index (χ0v) is 8.13. The summed E-state index contributed by atoms with van der Waals surface area (Å²) in [6.45, 7) is 0.257. The molecule has 1 aliphatic heterocycles. The highest BCUT2D eigenvalue weighted by Gasteiger charge is 2.16. The van der Waals surface area contributed by atoms with E-state index in [0.717, 1.165) is 11.6 Å². The topological polar surface area (TPSA) is 21.6 Å². The van der Waals surface area contributed by atoms with Gasteiger partial charge < -0.3 is 4.74 Å². The average Bonchev–Trinajstić information content (AvgIpc) is 2.17. The summed E-state index contributed by atoms with van der Waals surface area (Å²) < 4.78 is 31.3. The first-order chi connectivity index (χ1) is 7.20. The van der Waals surface area contributed by atoms with Gasteiger partial charge in [-0.05, 0) is 12.1 Å². The lowest BCUT2D eigenvalue weighted by Crippen LogP contribution is -2.10. The summed E-state index contributed by atoms with van der Waals surface area (Å²) in [6.07, 6.45) is 3.27. The van der Waals surface area contributed by atoms with E-state index in [1.54, 1.807) is 19.3 Å². The lowest BCUT2D eigenvalue weighted by molar-refractivity contribution is 0.331. The zero-order valence-electron chi connectivity index (χ0n) is 8.13. The van der Waals surface area contributed by atoms with Crippen molar-refractivity contribution in [3.05, 3.63) is 34.9 Å². The number of aliphatic imine (C=N–C) groups is 1. The van der Waals surface area contributed by atoms with Crippen molar-refractivity contribution in [1.29, 1.82) is 0 Å². The van der Waals surface area contributed by atoms with Gasteiger partial charge in [-0.25, -0.2) is 8.78 Å². The molecular formula is C11H9F2NO. The Bertz CT molecular complexity index is 452. The zero-order chi connectivity index (χ0) is 10.8. The van der Waals surface area contributed by atoms with Crippen molar-refractivity contribution >= 4 is 12.3 Å². The molecule has 1 heterocycles. The molecular weight excluding hydrogens is 200 g/mol. The smallest absolute Gasteiger partial charge is 0.168 e. The average molecular weight is 209 g/mol. The third-order valence-corrected chi connectivity index (χ3v) is 2.06. The van der Waals surface area contributed by atoms with Crippen LogP contribution in [0.1, 0.15) is 5.56 Å². The summed E-state index contributed by atoms with van der Waals surface area (Å²) in [4.78, 5) is 3.82. The quantitative estimate of drug-likeness (QED) is 0.651. The molecule has 0 saturated heterocycles. The van der Waals surface area contributed by atoms with Gasteiger partial charge in [-0.2, -0.15) is 0 Å². The van der Waals surface area contributed by atoms with Crippen LogP contribution < -0.4 is 4.74 Å². The molecule has 0 radical (unpaired) electrons. The second-order valence-corrected chi connectivity index (χ2v) is 3.20. The molecule has 4 heteroatoms. The highest BCUT2D eigenvalue weighted by Crippen LogP contribution is 2.29.